The number of thioether (sulfide) groups is 1. The number of benzene rings is 7. The van der Waals surface area contributed by atoms with E-state index in [1.165, 1.54) is 65.0 Å². The van der Waals surface area contributed by atoms with Gasteiger partial charge in [0.1, 0.15) is 50.0 Å². The molecule has 10 heterocycles. The summed E-state index contributed by atoms with van der Waals surface area (Å²) < 4.78 is 350. The van der Waals surface area contributed by atoms with Crippen molar-refractivity contribution in [2.45, 2.75) is 273 Å². The first kappa shape index (κ1) is 79.3. The van der Waals surface area contributed by atoms with Crippen molar-refractivity contribution in [1.82, 2.24) is 40.0 Å². The van der Waals surface area contributed by atoms with Crippen molar-refractivity contribution in [3.63, 3.8) is 0 Å². The van der Waals surface area contributed by atoms with E-state index in [1.54, 1.807) is 50.1 Å². The van der Waals surface area contributed by atoms with Gasteiger partial charge in [-0.1, -0.05) is 164 Å². The molecule has 6 saturated heterocycles. The third kappa shape index (κ3) is 30.5. The first-order valence-corrected chi connectivity index (χ1v) is 53.3. The second-order valence-corrected chi connectivity index (χ2v) is 46.8. The molecule has 2 amide bonds. The van der Waals surface area contributed by atoms with Crippen LogP contribution in [0.15, 0.2) is 256 Å². The standard InChI is InChI=1S/C36H39B2N5O7S.C26H26B2BrN5O6.C15H23BO4S.C9H11BrO2S.C9H11BrS.C6H5BrS/c1-22(2)51(45,46)27-17-15-25(16-18-27)29-20-39-32(36(38-50-36)41-33-37-48-33)31(40-29)30-19-28(42-49-30)24-13-11-23(12-14-24)21-43(26-9-7-6-8-10-26)34(44)47-35(3,4)5;1-25(2,3)37-24(35)34(17-8-10-36-11-9-17)14-15-4-6-16(7-5-15)18-12-19(39-33-18)21-22(30-13-20(29)31-21)26(28-40-26)32-23-27-38-23;1-11(2)21(17,18)13-9-7-12(8-10-13)16-19-14(3,4)15(5,6)20-16;1-7(2)13(11,12)9-5-3-8(10)4-6-9;1-7(2)11-9-5-3-8(10)4-6-9;7-5-1-3-6(8)4-2-5/h11-20,22,26H,6-10,21H2,1-5H3;4-7,12-13,17H,8-11,14H2,1-3H3;7-11H,1-6H3;3-7H,1-2H3;3-7H,1-2H3;1-4,8H/i1D3,2D3,22D;;1D3,2D3,11D;2*1D3,2D3,7D;. The van der Waals surface area contributed by atoms with Gasteiger partial charge < -0.3 is 61.0 Å². The number of hydrogen-bond acceptors (Lipinski definition) is 29. The molecular formula is C101H115B5Br4N10O19S5. The van der Waals surface area contributed by atoms with Gasteiger partial charge in [-0.15, -0.1) is 24.4 Å². The van der Waals surface area contributed by atoms with Crippen LogP contribution in [0.4, 0.5) is 9.59 Å². The van der Waals surface area contributed by atoms with Crippen LogP contribution in [0, 0.1) is 0 Å². The number of carbonyl (C=O) groups is 2. The Bertz CT molecular complexity index is 7850. The fourth-order valence-electron chi connectivity index (χ4n) is 14.1. The SMILES string of the molecule is CC(C)(C)OC(=O)N(Cc1ccc(-c2cc(-c3nc(Br)cnc3C3(N=C4[B]O4)[B]O3)on2)cc1)C1CCOCC1.Sc1ccc(Br)cc1.[2H]C([2H])([2H])C([2H])(C([2H])([2H])[2H])S(=O)(=O)c1ccc(-c2cnc(C3(N=C4[B]O4)[B]O3)c(-c3cc(-c4ccc(CN(C(=O)OC(C)(C)C)C5CCCCC5)cc4)no3)n2)cc1.[2H]C([2H])([2H])C([2H])(C([2H])([2H])[2H])S(=O)(=O)c1ccc(B2OC(C)(C)C(C)(C)O2)cc1.[2H]C([2H])([2H])C([2H])(C([2H])([2H])[2H])S(=O)(=O)c1ccc(Br)cc1.[2H]C([2H])([2H])C([2H])(Sc1ccc(Br)cc1)C([2H])([2H])[2H]. The molecule has 4 aromatic heterocycles. The number of carbonyl (C=O) groups excluding carboxylic acids is 2. The maximum absolute atomic E-state index is 13.4. The highest BCUT2D eigenvalue weighted by Gasteiger charge is 2.57. The molecule has 43 heteroatoms. The van der Waals surface area contributed by atoms with E-state index < -0.39 is 161 Å². The third-order valence-electron chi connectivity index (χ3n) is 22.4. The van der Waals surface area contributed by atoms with E-state index in [4.69, 9.17) is 94.5 Å². The van der Waals surface area contributed by atoms with Crippen molar-refractivity contribution < 1.29 is 124 Å². The van der Waals surface area contributed by atoms with Crippen molar-refractivity contribution in [3.05, 3.63) is 235 Å². The van der Waals surface area contributed by atoms with Gasteiger partial charge in [0.05, 0.1) is 59.7 Å². The van der Waals surface area contributed by atoms with Crippen LogP contribution in [0.2, 0.25) is 0 Å². The van der Waals surface area contributed by atoms with Crippen LogP contribution in [0.5, 0.6) is 0 Å². The Morgan fingerprint density at radius 2 is 0.896 bits per heavy atom. The zero-order valence-corrected chi connectivity index (χ0v) is 89.6. The molecule has 7 aliphatic rings. The minimum absolute atomic E-state index is 0.0624. The van der Waals surface area contributed by atoms with Crippen LogP contribution in [0.1, 0.15) is 230 Å². The molecule has 2 unspecified atom stereocenters. The van der Waals surface area contributed by atoms with Gasteiger partial charge >= 0.3 is 49.2 Å². The van der Waals surface area contributed by atoms with Gasteiger partial charge in [0.25, 0.3) is 0 Å². The van der Waals surface area contributed by atoms with Crippen molar-refractivity contribution in [2.24, 2.45) is 9.98 Å². The summed E-state index contributed by atoms with van der Waals surface area (Å²) in [6.45, 7) is -6.72. The number of ether oxygens (including phenoxy) is 3. The van der Waals surface area contributed by atoms with Crippen molar-refractivity contribution >= 4 is 184 Å². The highest BCUT2D eigenvalue weighted by molar-refractivity contribution is 9.11. The number of nitrogens with zero attached hydrogens (tertiary/aromatic N) is 10. The quantitative estimate of drug-likeness (QED) is 0.0254. The largest absolute Gasteiger partial charge is 0.549 e. The molecule has 0 N–H and O–H groups in total. The zero-order chi connectivity index (χ0) is 128. The van der Waals surface area contributed by atoms with Crippen LogP contribution in [0.25, 0.3) is 56.7 Å². The third-order valence-corrected chi connectivity index (χ3v) is 29.7. The van der Waals surface area contributed by atoms with E-state index in [0.717, 1.165) is 112 Å². The van der Waals surface area contributed by atoms with E-state index in [0.29, 0.717) is 109 Å². The van der Waals surface area contributed by atoms with Gasteiger partial charge in [-0.25, -0.2) is 54.8 Å². The topological polar surface area (TPSA) is 368 Å². The lowest BCUT2D eigenvalue weighted by atomic mass is 9.79. The van der Waals surface area contributed by atoms with Gasteiger partial charge in [0.2, 0.25) is 0 Å². The molecule has 7 fully saturated rings. The van der Waals surface area contributed by atoms with E-state index in [9.17, 15) is 34.8 Å². The number of amides is 2. The molecule has 0 bridgehead atoms. The number of sulfone groups is 3. The monoisotopic (exact) mass is 2330 g/mol. The summed E-state index contributed by atoms with van der Waals surface area (Å²) in [6.07, 6.45) is 8.98. The second-order valence-electron chi connectivity index (χ2n) is 36.0. The van der Waals surface area contributed by atoms with Crippen LogP contribution >= 0.6 is 88.1 Å². The Morgan fingerprint density at radius 1 is 0.521 bits per heavy atom. The molecule has 11 aromatic rings. The van der Waals surface area contributed by atoms with Gasteiger partial charge in [-0.05, 0) is 266 Å². The minimum Gasteiger partial charge on any atom is -0.549 e. The lowest BCUT2D eigenvalue weighted by Crippen LogP contribution is -2.45. The Hall–Kier alpha value is -8.81. The van der Waals surface area contributed by atoms with Crippen molar-refractivity contribution in [3.8, 4) is 56.7 Å². The van der Waals surface area contributed by atoms with Crippen LogP contribution < -0.4 is 5.46 Å². The lowest BCUT2D eigenvalue weighted by molar-refractivity contribution is -0.00816. The number of rotatable bonds is 24. The number of aromatic nitrogens is 6. The maximum atomic E-state index is 13.4. The fourth-order valence-corrected chi connectivity index (χ4v) is 18.0. The predicted octanol–water partition coefficient (Wildman–Crippen LogP) is 22.2. The number of hydrogen-bond donors (Lipinski definition) is 1. The highest BCUT2D eigenvalue weighted by Crippen LogP contribution is 2.46. The number of aliphatic imine (C=N–C) groups is 2. The molecule has 144 heavy (non-hydrogen) atoms. The van der Waals surface area contributed by atoms with Crippen LogP contribution in [-0.4, -0.2) is 195 Å². The number of thiol groups is 1. The first-order chi connectivity index (χ1) is 79.1. The summed E-state index contributed by atoms with van der Waals surface area (Å²) in [5.41, 5.74) is 2.09. The van der Waals surface area contributed by atoms with Crippen molar-refractivity contribution in [2.75, 3.05) is 13.2 Å². The molecule has 0 spiro atoms. The summed E-state index contributed by atoms with van der Waals surface area (Å²) in [4.78, 5) is 56.9. The Labute approximate surface area is 930 Å². The minimum atomic E-state index is -5.23. The summed E-state index contributed by atoms with van der Waals surface area (Å²) in [5.74, 6) is 1.41. The Kier molecular flexibility index (Phi) is 26.3. The normalized spacial score (nSPS) is 22.2. The molecule has 756 valence electrons. The summed E-state index contributed by atoms with van der Waals surface area (Å²) in [6, 6.07) is 47.6. The highest BCUT2D eigenvalue weighted by atomic mass is 79.9. The van der Waals surface area contributed by atoms with Crippen LogP contribution in [0.3, 0.4) is 0 Å². The molecule has 6 aliphatic heterocycles. The average Bonchev–Trinajstić information content (AvgIpc) is 1.46. The molecule has 1 saturated carbocycles. The van der Waals surface area contributed by atoms with Gasteiger partial charge in [0, 0.05) is 134 Å². The average molecular weight is 2340 g/mol. The van der Waals surface area contributed by atoms with Crippen LogP contribution in [-0.2, 0) is 96.0 Å². The fraction of sp³-hybridized carbons (Fsp3) is 0.406. The molecule has 2 atom stereocenters. The van der Waals surface area contributed by atoms with Gasteiger partial charge in [-0.2, -0.15) is 0 Å². The Balaban J connectivity index is 0.000000184. The molecule has 29 nitrogen and oxygen atoms in total. The summed E-state index contributed by atoms with van der Waals surface area (Å²) in [7, 11) is -10.00. The predicted molar refractivity (Wildman–Crippen MR) is 579 cm³/mol. The molecule has 18 rings (SSSR count). The summed E-state index contributed by atoms with van der Waals surface area (Å²) in [5, 5.41) is -5.15. The molecular weight excluding hydrogens is 2190 g/mol. The lowest BCUT2D eigenvalue weighted by Gasteiger charge is -2.35. The maximum Gasteiger partial charge on any atom is 0.494 e. The molecule has 7 aromatic carbocycles. The van der Waals surface area contributed by atoms with Gasteiger partial charge in [0.15, 0.2) is 63.9 Å². The second kappa shape index (κ2) is 47.8. The zero-order valence-electron chi connectivity index (χ0n) is 107. The molecule has 4 radical (unpaired) electrons. The Morgan fingerprint density at radius 3 is 1.29 bits per heavy atom. The number of halogens is 4. The molecule has 1 aliphatic carbocycles. The van der Waals surface area contributed by atoms with Crippen molar-refractivity contribution in [1.29, 1.82) is 0 Å². The van der Waals surface area contributed by atoms with E-state index in [2.05, 4.69) is 112 Å². The smallest absolute Gasteiger partial charge is 0.494 e. The first-order valence-electron chi connectivity index (χ1n) is 58.4. The van der Waals surface area contributed by atoms with E-state index in [1.807, 2.05) is 152 Å². The van der Waals surface area contributed by atoms with E-state index >= 15 is 0 Å². The van der Waals surface area contributed by atoms with E-state index in [-0.39, 0.29) is 47.1 Å². The van der Waals surface area contributed by atoms with Gasteiger partial charge in [-0.3, -0.25) is 9.97 Å². The summed E-state index contributed by atoms with van der Waals surface area (Å²) >= 11 is 17.6.